The molecule has 3 aliphatic heterocycles. The fraction of sp³-hybridized carbons (Fsp3) is 0.444. The molecule has 48 heavy (non-hydrogen) atoms. The summed E-state index contributed by atoms with van der Waals surface area (Å²) < 4.78 is 18.2. The van der Waals surface area contributed by atoms with E-state index in [1.165, 1.54) is 16.9 Å². The molecule has 7 atom stereocenters. The molecule has 2 aromatic carbocycles. The van der Waals surface area contributed by atoms with Crippen LogP contribution in [0.3, 0.4) is 0 Å². The maximum Gasteiger partial charge on any atom is 0.313 e. The number of rotatable bonds is 16. The van der Waals surface area contributed by atoms with E-state index in [4.69, 9.17) is 25.8 Å². The van der Waals surface area contributed by atoms with Crippen LogP contribution >= 0.6 is 11.6 Å². The lowest BCUT2D eigenvalue weighted by Crippen LogP contribution is -2.57. The van der Waals surface area contributed by atoms with Crippen molar-refractivity contribution >= 4 is 41.0 Å². The Kier molecular flexibility index (Phi) is 11.4. The van der Waals surface area contributed by atoms with Crippen LogP contribution in [0.4, 0.5) is 5.69 Å². The third kappa shape index (κ3) is 6.64. The number of β-amino-alcohol motifs (C(OH)–C–C–N with tert-alkyl or cyclic N) is 1. The van der Waals surface area contributed by atoms with E-state index in [9.17, 15) is 24.3 Å². The molecule has 0 aliphatic carbocycles. The molecule has 3 fully saturated rings. The summed E-state index contributed by atoms with van der Waals surface area (Å²) in [4.78, 5) is 58.6. The summed E-state index contributed by atoms with van der Waals surface area (Å²) in [5, 5.41) is 13.3. The first-order valence-corrected chi connectivity index (χ1v) is 16.5. The highest BCUT2D eigenvalue weighted by atomic mass is 35.5. The second kappa shape index (κ2) is 15.5. The number of fused-ring (bicyclic) bond motifs is 1. The van der Waals surface area contributed by atoms with Crippen LogP contribution in [0.2, 0.25) is 5.02 Å². The second-order valence-electron chi connectivity index (χ2n) is 12.2. The van der Waals surface area contributed by atoms with Crippen LogP contribution in [0.25, 0.3) is 0 Å². The van der Waals surface area contributed by atoms with Gasteiger partial charge in [0.05, 0.1) is 47.9 Å². The third-order valence-electron chi connectivity index (χ3n) is 9.37. The third-order valence-corrected chi connectivity index (χ3v) is 9.69. The van der Waals surface area contributed by atoms with E-state index < -0.39 is 66.1 Å². The van der Waals surface area contributed by atoms with Crippen molar-refractivity contribution in [3.63, 3.8) is 0 Å². The molecular weight excluding hydrogens is 638 g/mol. The van der Waals surface area contributed by atoms with E-state index in [1.54, 1.807) is 60.7 Å². The Morgan fingerprint density at radius 2 is 1.90 bits per heavy atom. The molecule has 0 unspecified atom stereocenters. The van der Waals surface area contributed by atoms with Crippen molar-refractivity contribution in [3.8, 4) is 0 Å². The number of methoxy groups -OCH3 is 1. The quantitative estimate of drug-likeness (QED) is 0.203. The molecule has 3 amide bonds. The first-order chi connectivity index (χ1) is 23.2. The molecule has 5 rings (SSSR count). The number of para-hydroxylation sites is 1. The fourth-order valence-electron chi connectivity index (χ4n) is 7.43. The number of anilines is 1. The number of nitrogens with zero attached hydrogens (tertiary/aromatic N) is 2. The summed E-state index contributed by atoms with van der Waals surface area (Å²) in [5.41, 5.74) is -0.261. The predicted octanol–water partition coefficient (Wildman–Crippen LogP) is 3.61. The van der Waals surface area contributed by atoms with Crippen LogP contribution in [0.5, 0.6) is 0 Å². The van der Waals surface area contributed by atoms with Gasteiger partial charge in [0.2, 0.25) is 11.8 Å². The number of carbonyl (C=O) groups excluding carboxylic acids is 4. The number of amides is 3. The van der Waals surface area contributed by atoms with Gasteiger partial charge in [0, 0.05) is 26.6 Å². The van der Waals surface area contributed by atoms with Crippen LogP contribution in [0.1, 0.15) is 37.4 Å². The topological polar surface area (TPSA) is 135 Å². The molecule has 2 N–H and O–H groups in total. The molecule has 3 saturated heterocycles. The van der Waals surface area contributed by atoms with Crippen LogP contribution in [0.15, 0.2) is 79.9 Å². The minimum atomic E-state index is -1.33. The van der Waals surface area contributed by atoms with Crippen LogP contribution in [-0.4, -0.2) is 90.9 Å². The van der Waals surface area contributed by atoms with Gasteiger partial charge < -0.3 is 34.4 Å². The number of aliphatic hydroxyl groups is 1. The van der Waals surface area contributed by atoms with Gasteiger partial charge in [0.15, 0.2) is 0 Å². The van der Waals surface area contributed by atoms with Gasteiger partial charge in [-0.05, 0) is 37.0 Å². The highest BCUT2D eigenvalue weighted by Crippen LogP contribution is 2.59. The lowest BCUT2D eigenvalue weighted by molar-refractivity contribution is -0.163. The molecule has 2 aromatic rings. The molecular formula is C36H42ClN3O8. The van der Waals surface area contributed by atoms with E-state index in [1.807, 2.05) is 6.07 Å². The van der Waals surface area contributed by atoms with E-state index in [0.29, 0.717) is 35.5 Å². The van der Waals surface area contributed by atoms with E-state index in [-0.39, 0.29) is 32.0 Å². The summed E-state index contributed by atoms with van der Waals surface area (Å²) in [5.74, 6) is -3.91. The number of ether oxygens (including phenoxy) is 3. The summed E-state index contributed by atoms with van der Waals surface area (Å²) in [7, 11) is 1.49. The fourth-order valence-corrected chi connectivity index (χ4v) is 7.67. The van der Waals surface area contributed by atoms with Crippen molar-refractivity contribution in [1.29, 1.82) is 0 Å². The number of nitrogens with one attached hydrogen (secondary N) is 1. The Labute approximate surface area is 285 Å². The maximum atomic E-state index is 14.5. The Morgan fingerprint density at radius 1 is 1.17 bits per heavy atom. The van der Waals surface area contributed by atoms with Crippen molar-refractivity contribution < 1.29 is 38.5 Å². The number of benzene rings is 2. The monoisotopic (exact) mass is 679 g/mol. The van der Waals surface area contributed by atoms with Gasteiger partial charge in [0.25, 0.3) is 5.91 Å². The summed E-state index contributed by atoms with van der Waals surface area (Å²) in [6, 6.07) is 14.0. The zero-order valence-corrected chi connectivity index (χ0v) is 27.7. The van der Waals surface area contributed by atoms with E-state index in [0.717, 1.165) is 0 Å². The maximum absolute atomic E-state index is 14.5. The average molecular weight is 680 g/mol. The summed E-state index contributed by atoms with van der Waals surface area (Å²) in [6.45, 7) is 7.10. The minimum Gasteiger partial charge on any atom is -0.455 e. The van der Waals surface area contributed by atoms with Crippen molar-refractivity contribution in [2.75, 3.05) is 38.3 Å². The van der Waals surface area contributed by atoms with Crippen LogP contribution in [-0.2, 0) is 33.4 Å². The van der Waals surface area contributed by atoms with Gasteiger partial charge in [-0.2, -0.15) is 0 Å². The Morgan fingerprint density at radius 3 is 2.56 bits per heavy atom. The SMILES string of the molecule is C=CCCC(=O)N[C@H](COC)[C@H](OC(=O)[C@@H]1[C@@H]2CC[C@]3(O2)[C@H](C(=O)N(CC=C)c2ccccc2Cl)N(CCO)C(=O)[C@@H]13)c1ccccc1. The molecule has 3 heterocycles. The highest BCUT2D eigenvalue weighted by molar-refractivity contribution is 6.34. The van der Waals surface area contributed by atoms with Gasteiger partial charge in [-0.3, -0.25) is 19.2 Å². The number of hydrogen-bond donors (Lipinski definition) is 2. The number of likely N-dealkylation sites (tertiary alicyclic amines) is 1. The zero-order chi connectivity index (χ0) is 34.4. The van der Waals surface area contributed by atoms with E-state index >= 15 is 0 Å². The van der Waals surface area contributed by atoms with Gasteiger partial charge in [-0.15, -0.1) is 13.2 Å². The summed E-state index contributed by atoms with van der Waals surface area (Å²) >= 11 is 6.51. The van der Waals surface area contributed by atoms with E-state index in [2.05, 4.69) is 18.5 Å². The number of carbonyl (C=O) groups is 4. The first-order valence-electron chi connectivity index (χ1n) is 16.1. The molecule has 0 aromatic heterocycles. The molecule has 12 heteroatoms. The second-order valence-corrected chi connectivity index (χ2v) is 12.6. The number of aliphatic hydroxyl groups excluding tert-OH is 1. The van der Waals surface area contributed by atoms with Gasteiger partial charge in [0.1, 0.15) is 17.7 Å². The molecule has 3 aliphatic rings. The highest BCUT2D eigenvalue weighted by Gasteiger charge is 2.75. The number of esters is 1. The van der Waals surface area contributed by atoms with Gasteiger partial charge >= 0.3 is 5.97 Å². The van der Waals surface area contributed by atoms with Crippen molar-refractivity contribution in [2.24, 2.45) is 11.8 Å². The Hall–Kier alpha value is -4.03. The Bertz CT molecular complexity index is 1520. The predicted molar refractivity (Wildman–Crippen MR) is 179 cm³/mol. The van der Waals surface area contributed by atoms with Crippen molar-refractivity contribution in [3.05, 3.63) is 90.5 Å². The number of allylic oxidation sites excluding steroid dienone is 1. The van der Waals surface area contributed by atoms with Crippen LogP contribution < -0.4 is 10.2 Å². The number of hydrogen-bond acceptors (Lipinski definition) is 8. The minimum absolute atomic E-state index is 0.0472. The lowest BCUT2D eigenvalue weighted by Gasteiger charge is -2.36. The Balaban J connectivity index is 1.48. The zero-order valence-electron chi connectivity index (χ0n) is 27.0. The van der Waals surface area contributed by atoms with Gasteiger partial charge in [-0.1, -0.05) is 66.2 Å². The largest absolute Gasteiger partial charge is 0.455 e. The van der Waals surface area contributed by atoms with Crippen LogP contribution in [0, 0.1) is 11.8 Å². The molecule has 2 bridgehead atoms. The molecule has 0 saturated carbocycles. The summed E-state index contributed by atoms with van der Waals surface area (Å²) in [6.07, 6.45) is 3.03. The first kappa shape index (κ1) is 35.3. The van der Waals surface area contributed by atoms with Gasteiger partial charge in [-0.25, -0.2) is 0 Å². The molecule has 0 radical (unpaired) electrons. The molecule has 256 valence electrons. The van der Waals surface area contributed by atoms with Crippen molar-refractivity contribution in [2.45, 2.75) is 55.6 Å². The molecule has 11 nitrogen and oxygen atoms in total. The lowest BCUT2D eigenvalue weighted by atomic mass is 9.70. The van der Waals surface area contributed by atoms with Crippen molar-refractivity contribution in [1.82, 2.24) is 10.2 Å². The normalized spacial score (nSPS) is 25.2. The average Bonchev–Trinajstić information content (AvgIpc) is 3.73. The standard InChI is InChI=1S/C36H42ClN3O8/c1-4-6-16-28(42)38-25(22-46-3)31(23-12-8-7-9-13-23)47-35(45)29-27-17-18-36(48-27)30(29)33(43)40(20-21-41)32(36)34(44)39(19-5-2)26-15-11-10-14-24(26)37/h4-5,7-15,25,27,29-32,41H,1-2,6,16-22H2,3H3,(H,38,42)/t25-,27+,29-,30-,31-,32+,36-/m1/s1. The smallest absolute Gasteiger partial charge is 0.313 e. The molecule has 1 spiro atoms. The number of halogens is 1.